The maximum absolute atomic E-state index is 13.0. The van der Waals surface area contributed by atoms with E-state index in [2.05, 4.69) is 10.3 Å². The average molecular weight is 371 g/mol. The first-order valence-electron chi connectivity index (χ1n) is 7.97. The number of benzene rings is 2. The Morgan fingerprint density at radius 1 is 1.15 bits per heavy atom. The number of rotatable bonds is 5. The van der Waals surface area contributed by atoms with Crippen LogP contribution in [-0.4, -0.2) is 10.9 Å². The minimum atomic E-state index is -0.379. The van der Waals surface area contributed by atoms with Crippen molar-refractivity contribution in [2.24, 2.45) is 0 Å². The Labute approximate surface area is 155 Å². The van der Waals surface area contributed by atoms with Crippen molar-refractivity contribution in [1.29, 1.82) is 0 Å². The SMILES string of the molecule is C[C@H](NC(=O)c1cc(Cl)cnc1Oc1ccc(F)cc1)c1ccccc1. The van der Waals surface area contributed by atoms with E-state index < -0.39 is 0 Å². The van der Waals surface area contributed by atoms with Crippen molar-refractivity contribution >= 4 is 17.5 Å². The summed E-state index contributed by atoms with van der Waals surface area (Å²) in [6.07, 6.45) is 1.39. The molecule has 0 aliphatic rings. The van der Waals surface area contributed by atoms with Crippen LogP contribution in [0.3, 0.4) is 0 Å². The van der Waals surface area contributed by atoms with Crippen LogP contribution in [0, 0.1) is 5.82 Å². The van der Waals surface area contributed by atoms with Crippen LogP contribution in [0.4, 0.5) is 4.39 Å². The summed E-state index contributed by atoms with van der Waals surface area (Å²) in [6.45, 7) is 1.88. The van der Waals surface area contributed by atoms with Crippen LogP contribution in [0.1, 0.15) is 28.9 Å². The van der Waals surface area contributed by atoms with Gasteiger partial charge in [0.15, 0.2) is 0 Å². The number of nitrogens with zero attached hydrogens (tertiary/aromatic N) is 1. The molecule has 0 unspecified atom stereocenters. The quantitative estimate of drug-likeness (QED) is 0.675. The lowest BCUT2D eigenvalue weighted by Gasteiger charge is -2.16. The summed E-state index contributed by atoms with van der Waals surface area (Å²) >= 11 is 5.99. The number of ether oxygens (including phenoxy) is 1. The van der Waals surface area contributed by atoms with Crippen molar-refractivity contribution in [3.8, 4) is 11.6 Å². The first kappa shape index (κ1) is 17.9. The maximum Gasteiger partial charge on any atom is 0.257 e. The van der Waals surface area contributed by atoms with Crippen LogP contribution in [0.5, 0.6) is 11.6 Å². The van der Waals surface area contributed by atoms with E-state index in [1.54, 1.807) is 0 Å². The second kappa shape index (κ2) is 7.97. The van der Waals surface area contributed by atoms with Gasteiger partial charge in [-0.1, -0.05) is 41.9 Å². The van der Waals surface area contributed by atoms with Crippen molar-refractivity contribution < 1.29 is 13.9 Å². The number of amides is 1. The topological polar surface area (TPSA) is 51.2 Å². The second-order valence-corrected chi connectivity index (χ2v) is 6.10. The summed E-state index contributed by atoms with van der Waals surface area (Å²) in [5.74, 6) is -0.283. The zero-order valence-electron chi connectivity index (χ0n) is 13.9. The lowest BCUT2D eigenvalue weighted by molar-refractivity contribution is 0.0937. The van der Waals surface area contributed by atoms with Gasteiger partial charge in [-0.2, -0.15) is 0 Å². The molecule has 1 heterocycles. The summed E-state index contributed by atoms with van der Waals surface area (Å²) < 4.78 is 18.7. The summed E-state index contributed by atoms with van der Waals surface area (Å²) in [6, 6.07) is 16.3. The molecular formula is C20H16ClFN2O2. The molecule has 0 fully saturated rings. The monoisotopic (exact) mass is 370 g/mol. The third-order valence-electron chi connectivity index (χ3n) is 3.74. The highest BCUT2D eigenvalue weighted by atomic mass is 35.5. The Hall–Kier alpha value is -2.92. The van der Waals surface area contributed by atoms with Gasteiger partial charge in [-0.25, -0.2) is 9.37 Å². The predicted octanol–water partition coefficient (Wildman–Crippen LogP) is 5.16. The molecule has 0 saturated carbocycles. The molecule has 1 aromatic heterocycles. The first-order valence-corrected chi connectivity index (χ1v) is 8.35. The molecule has 26 heavy (non-hydrogen) atoms. The number of halogens is 2. The van der Waals surface area contributed by atoms with Gasteiger partial charge in [0.2, 0.25) is 5.88 Å². The molecule has 1 N–H and O–H groups in total. The van der Waals surface area contributed by atoms with Gasteiger partial charge in [0.1, 0.15) is 17.1 Å². The molecule has 3 aromatic rings. The number of hydrogen-bond acceptors (Lipinski definition) is 3. The molecule has 1 amide bonds. The van der Waals surface area contributed by atoms with E-state index in [-0.39, 0.29) is 29.2 Å². The van der Waals surface area contributed by atoms with E-state index in [0.29, 0.717) is 10.8 Å². The van der Waals surface area contributed by atoms with Crippen molar-refractivity contribution in [2.45, 2.75) is 13.0 Å². The smallest absolute Gasteiger partial charge is 0.257 e. The zero-order valence-corrected chi connectivity index (χ0v) is 14.7. The number of pyridine rings is 1. The Kier molecular flexibility index (Phi) is 5.49. The van der Waals surface area contributed by atoms with E-state index in [4.69, 9.17) is 16.3 Å². The van der Waals surface area contributed by atoms with E-state index >= 15 is 0 Å². The zero-order chi connectivity index (χ0) is 18.5. The summed E-state index contributed by atoms with van der Waals surface area (Å²) in [5.41, 5.74) is 1.17. The Balaban J connectivity index is 1.82. The predicted molar refractivity (Wildman–Crippen MR) is 98.0 cm³/mol. The van der Waals surface area contributed by atoms with Crippen LogP contribution in [0.2, 0.25) is 5.02 Å². The molecule has 0 radical (unpaired) electrons. The van der Waals surface area contributed by atoms with Crippen LogP contribution >= 0.6 is 11.6 Å². The fourth-order valence-corrected chi connectivity index (χ4v) is 2.54. The highest BCUT2D eigenvalue weighted by Crippen LogP contribution is 2.26. The molecule has 0 aliphatic heterocycles. The van der Waals surface area contributed by atoms with Crippen molar-refractivity contribution in [1.82, 2.24) is 10.3 Å². The van der Waals surface area contributed by atoms with E-state index in [9.17, 15) is 9.18 Å². The lowest BCUT2D eigenvalue weighted by Crippen LogP contribution is -2.27. The molecule has 0 saturated heterocycles. The van der Waals surface area contributed by atoms with Gasteiger partial charge in [0.25, 0.3) is 5.91 Å². The van der Waals surface area contributed by atoms with Gasteiger partial charge in [0, 0.05) is 6.20 Å². The van der Waals surface area contributed by atoms with Gasteiger partial charge in [-0.05, 0) is 42.8 Å². The summed E-state index contributed by atoms with van der Waals surface area (Å²) in [7, 11) is 0. The van der Waals surface area contributed by atoms with E-state index in [1.807, 2.05) is 37.3 Å². The van der Waals surface area contributed by atoms with E-state index in [0.717, 1.165) is 5.56 Å². The van der Waals surface area contributed by atoms with E-state index in [1.165, 1.54) is 36.5 Å². The number of carbonyl (C=O) groups excluding carboxylic acids is 1. The highest BCUT2D eigenvalue weighted by Gasteiger charge is 2.18. The lowest BCUT2D eigenvalue weighted by atomic mass is 10.1. The number of nitrogens with one attached hydrogen (secondary N) is 1. The number of aromatic nitrogens is 1. The molecule has 4 nitrogen and oxygen atoms in total. The highest BCUT2D eigenvalue weighted by molar-refractivity contribution is 6.30. The third-order valence-corrected chi connectivity index (χ3v) is 3.94. The molecule has 132 valence electrons. The fraction of sp³-hybridized carbons (Fsp3) is 0.100. The van der Waals surface area contributed by atoms with Gasteiger partial charge in [-0.15, -0.1) is 0 Å². The first-order chi connectivity index (χ1) is 12.5. The molecule has 0 spiro atoms. The second-order valence-electron chi connectivity index (χ2n) is 5.67. The molecular weight excluding hydrogens is 355 g/mol. The van der Waals surface area contributed by atoms with Crippen LogP contribution in [0.15, 0.2) is 66.9 Å². The maximum atomic E-state index is 13.0. The average Bonchev–Trinajstić information content (AvgIpc) is 2.65. The Morgan fingerprint density at radius 2 is 1.85 bits per heavy atom. The third kappa shape index (κ3) is 4.37. The Morgan fingerprint density at radius 3 is 2.54 bits per heavy atom. The van der Waals surface area contributed by atoms with Gasteiger partial charge in [0.05, 0.1) is 11.1 Å². The molecule has 1 atom stereocenters. The molecule has 6 heteroatoms. The van der Waals surface area contributed by atoms with Crippen LogP contribution in [0.25, 0.3) is 0 Å². The van der Waals surface area contributed by atoms with Gasteiger partial charge in [-0.3, -0.25) is 4.79 Å². The Bertz CT molecular complexity index is 901. The standard InChI is InChI=1S/C20H16ClFN2O2/c1-13(14-5-3-2-4-6-14)24-19(25)18-11-15(21)12-23-20(18)26-17-9-7-16(22)8-10-17/h2-13H,1H3,(H,24,25)/t13-/m0/s1. The number of hydrogen-bond donors (Lipinski definition) is 1. The minimum absolute atomic E-state index is 0.0961. The summed E-state index contributed by atoms with van der Waals surface area (Å²) in [4.78, 5) is 16.8. The van der Waals surface area contributed by atoms with Crippen LogP contribution in [-0.2, 0) is 0 Å². The van der Waals surface area contributed by atoms with Gasteiger partial charge < -0.3 is 10.1 Å². The van der Waals surface area contributed by atoms with Crippen molar-refractivity contribution in [2.75, 3.05) is 0 Å². The number of carbonyl (C=O) groups is 1. The normalized spacial score (nSPS) is 11.7. The molecule has 3 rings (SSSR count). The molecule has 0 bridgehead atoms. The fourth-order valence-electron chi connectivity index (χ4n) is 2.38. The largest absolute Gasteiger partial charge is 0.438 e. The van der Waals surface area contributed by atoms with Crippen molar-refractivity contribution in [3.05, 3.63) is 88.8 Å². The minimum Gasteiger partial charge on any atom is -0.438 e. The molecule has 0 aliphatic carbocycles. The van der Waals surface area contributed by atoms with Crippen LogP contribution < -0.4 is 10.1 Å². The van der Waals surface area contributed by atoms with Crippen molar-refractivity contribution in [3.63, 3.8) is 0 Å². The van der Waals surface area contributed by atoms with Gasteiger partial charge >= 0.3 is 0 Å². The molecule has 2 aromatic carbocycles. The summed E-state index contributed by atoms with van der Waals surface area (Å²) in [5, 5.41) is 3.21.